The Balaban J connectivity index is 1.25. The van der Waals surface area contributed by atoms with Crippen LogP contribution in [0.4, 0.5) is 11.4 Å². The number of rotatable bonds is 6. The van der Waals surface area contributed by atoms with E-state index in [-0.39, 0.29) is 23.7 Å². The second-order valence-corrected chi connectivity index (χ2v) is 13.7. The zero-order chi connectivity index (χ0) is 30.7. The molecule has 0 aromatic heterocycles. The van der Waals surface area contributed by atoms with Crippen LogP contribution in [-0.2, 0) is 21.3 Å². The third-order valence-electron chi connectivity index (χ3n) is 10.0. The summed E-state index contributed by atoms with van der Waals surface area (Å²) in [7, 11) is -0.382. The number of nitrogens with zero attached hydrogens (tertiary/aromatic N) is 1. The second-order valence-electron chi connectivity index (χ2n) is 13.7. The molecule has 1 heterocycles. The van der Waals surface area contributed by atoms with Gasteiger partial charge in [-0.05, 0) is 96.4 Å². The van der Waals surface area contributed by atoms with Crippen molar-refractivity contribution in [2.24, 2.45) is 0 Å². The molecule has 5 aromatic carbocycles. The first kappa shape index (κ1) is 28.6. The first-order chi connectivity index (χ1) is 21.0. The highest BCUT2D eigenvalue weighted by atomic mass is 16.7. The van der Waals surface area contributed by atoms with E-state index in [0.717, 1.165) is 17.7 Å². The van der Waals surface area contributed by atoms with Crippen molar-refractivity contribution in [3.8, 4) is 22.3 Å². The van der Waals surface area contributed by atoms with Crippen LogP contribution in [0.3, 0.4) is 0 Å². The predicted octanol–water partition coefficient (Wildman–Crippen LogP) is 9.30. The van der Waals surface area contributed by atoms with Gasteiger partial charge >= 0.3 is 7.12 Å². The number of hydrogen-bond donors (Lipinski definition) is 0. The summed E-state index contributed by atoms with van der Waals surface area (Å²) in [5, 5.41) is 0. The summed E-state index contributed by atoms with van der Waals surface area (Å²) in [6.45, 7) is 13.8. The average Bonchev–Trinajstić information content (AvgIpc) is 3.40. The van der Waals surface area contributed by atoms with Crippen LogP contribution in [0, 0.1) is 0 Å². The average molecular weight is 578 g/mol. The van der Waals surface area contributed by atoms with Crippen molar-refractivity contribution in [2.45, 2.75) is 64.7 Å². The lowest BCUT2D eigenvalue weighted by Crippen LogP contribution is -2.41. The molecule has 1 saturated heterocycles. The lowest BCUT2D eigenvalue weighted by Gasteiger charge is -2.32. The van der Waals surface area contributed by atoms with Crippen LogP contribution in [0.5, 0.6) is 0 Å². The highest BCUT2D eigenvalue weighted by molar-refractivity contribution is 6.62. The summed E-state index contributed by atoms with van der Waals surface area (Å²) in [4.78, 5) is 2.42. The van der Waals surface area contributed by atoms with Crippen molar-refractivity contribution in [3.63, 3.8) is 0 Å². The Morgan fingerprint density at radius 3 is 1.80 bits per heavy atom. The molecular weight excluding hydrogens is 537 g/mol. The molecule has 220 valence electrons. The van der Waals surface area contributed by atoms with Gasteiger partial charge in [-0.15, -0.1) is 0 Å². The second kappa shape index (κ2) is 10.5. The maximum absolute atomic E-state index is 6.35. The molecule has 0 amide bonds. The molecule has 1 aliphatic heterocycles. The van der Waals surface area contributed by atoms with Crippen molar-refractivity contribution in [1.82, 2.24) is 0 Å². The van der Waals surface area contributed by atoms with E-state index in [9.17, 15) is 0 Å². The number of hydrogen-bond acceptors (Lipinski definition) is 3. The molecule has 44 heavy (non-hydrogen) atoms. The van der Waals surface area contributed by atoms with Gasteiger partial charge in [0.2, 0.25) is 0 Å². The van der Waals surface area contributed by atoms with E-state index >= 15 is 0 Å². The maximum Gasteiger partial charge on any atom is 0.494 e. The highest BCUT2D eigenvalue weighted by Crippen LogP contribution is 2.50. The van der Waals surface area contributed by atoms with E-state index < -0.39 is 0 Å². The third kappa shape index (κ3) is 4.87. The molecule has 0 spiro atoms. The summed E-state index contributed by atoms with van der Waals surface area (Å²) in [5.74, 6) is 0. The van der Waals surface area contributed by atoms with Gasteiger partial charge in [0, 0.05) is 23.3 Å². The maximum atomic E-state index is 6.35. The van der Waals surface area contributed by atoms with Gasteiger partial charge in [0.25, 0.3) is 0 Å². The summed E-state index contributed by atoms with van der Waals surface area (Å²) in [6.07, 6.45) is 0. The normalized spacial score (nSPS) is 17.3. The van der Waals surface area contributed by atoms with Gasteiger partial charge in [-0.25, -0.2) is 0 Å². The number of anilines is 2. The zero-order valence-electron chi connectivity index (χ0n) is 26.6. The van der Waals surface area contributed by atoms with E-state index in [0.29, 0.717) is 0 Å². The van der Waals surface area contributed by atoms with Crippen molar-refractivity contribution in [3.05, 3.63) is 138 Å². The predicted molar refractivity (Wildman–Crippen MR) is 184 cm³/mol. The molecule has 4 heteroatoms. The Kier molecular flexibility index (Phi) is 6.84. The Hall–Kier alpha value is -4.12. The van der Waals surface area contributed by atoms with Crippen LogP contribution in [0.1, 0.15) is 58.2 Å². The highest BCUT2D eigenvalue weighted by Gasteiger charge is 2.51. The monoisotopic (exact) mass is 577 g/mol. The minimum absolute atomic E-state index is 0.0639. The van der Waals surface area contributed by atoms with E-state index in [2.05, 4.69) is 168 Å². The van der Waals surface area contributed by atoms with Crippen molar-refractivity contribution < 1.29 is 9.31 Å². The van der Waals surface area contributed by atoms with Crippen molar-refractivity contribution >= 4 is 24.0 Å². The van der Waals surface area contributed by atoms with Crippen molar-refractivity contribution in [2.75, 3.05) is 4.90 Å². The molecular formula is C40H40BNO2. The smallest absolute Gasteiger partial charge is 0.399 e. The van der Waals surface area contributed by atoms with Crippen LogP contribution in [0.2, 0.25) is 0 Å². The van der Waals surface area contributed by atoms with Crippen LogP contribution in [0.15, 0.2) is 121 Å². The Labute approximate surface area is 262 Å². The topological polar surface area (TPSA) is 21.7 Å². The lowest BCUT2D eigenvalue weighted by atomic mass is 9.79. The van der Waals surface area contributed by atoms with Gasteiger partial charge in [-0.2, -0.15) is 0 Å². The third-order valence-corrected chi connectivity index (χ3v) is 10.0. The molecule has 5 aromatic rings. The van der Waals surface area contributed by atoms with Crippen LogP contribution in [0.25, 0.3) is 22.3 Å². The lowest BCUT2D eigenvalue weighted by molar-refractivity contribution is 0.00578. The molecule has 0 bridgehead atoms. The van der Waals surface area contributed by atoms with Crippen LogP contribution < -0.4 is 10.4 Å². The van der Waals surface area contributed by atoms with Crippen LogP contribution >= 0.6 is 0 Å². The van der Waals surface area contributed by atoms with Gasteiger partial charge in [-0.1, -0.05) is 111 Å². The van der Waals surface area contributed by atoms with E-state index in [1.165, 1.54) is 44.6 Å². The molecule has 0 saturated carbocycles. The van der Waals surface area contributed by atoms with Gasteiger partial charge in [0.05, 0.1) is 11.2 Å². The SMILES string of the molecule is CC1(C)c2ccccc2-c2ccc(N(Cc3ccc(-c4ccccc4)cc3)c3ccc(B4OC(C)(C)C(C)(C)O4)cc3)cc21. The van der Waals surface area contributed by atoms with Gasteiger partial charge in [0.15, 0.2) is 0 Å². The van der Waals surface area contributed by atoms with E-state index in [1.54, 1.807) is 0 Å². The summed E-state index contributed by atoms with van der Waals surface area (Å²) in [6, 6.07) is 44.0. The largest absolute Gasteiger partial charge is 0.494 e. The molecule has 7 rings (SSSR count). The fraction of sp³-hybridized carbons (Fsp3) is 0.250. The van der Waals surface area contributed by atoms with Gasteiger partial charge < -0.3 is 14.2 Å². The summed E-state index contributed by atoms with van der Waals surface area (Å²) in [5.41, 5.74) is 11.7. The number of benzene rings is 5. The van der Waals surface area contributed by atoms with Gasteiger partial charge in [-0.3, -0.25) is 0 Å². The summed E-state index contributed by atoms with van der Waals surface area (Å²) < 4.78 is 12.7. The molecule has 0 N–H and O–H groups in total. The fourth-order valence-corrected chi connectivity index (χ4v) is 6.60. The van der Waals surface area contributed by atoms with Crippen molar-refractivity contribution in [1.29, 1.82) is 0 Å². The quantitative estimate of drug-likeness (QED) is 0.188. The molecule has 0 atom stereocenters. The zero-order valence-corrected chi connectivity index (χ0v) is 26.6. The molecule has 0 unspecified atom stereocenters. The Morgan fingerprint density at radius 2 is 1.11 bits per heavy atom. The van der Waals surface area contributed by atoms with Gasteiger partial charge in [0.1, 0.15) is 0 Å². The minimum Gasteiger partial charge on any atom is -0.399 e. The van der Waals surface area contributed by atoms with E-state index in [4.69, 9.17) is 9.31 Å². The first-order valence-corrected chi connectivity index (χ1v) is 15.7. The Bertz CT molecular complexity index is 1790. The van der Waals surface area contributed by atoms with E-state index in [1.807, 2.05) is 0 Å². The standard InChI is InChI=1S/C40H40BNO2/c1-38(2)36-15-11-10-14-34(36)35-25-24-33(26-37(35)38)42(27-28-16-18-30(19-17-28)29-12-8-7-9-13-29)32-22-20-31(21-23-32)41-43-39(3,4)40(5,6)44-41/h7-26H,27H2,1-6H3. The number of fused-ring (bicyclic) bond motifs is 3. The summed E-state index contributed by atoms with van der Waals surface area (Å²) >= 11 is 0. The van der Waals surface area contributed by atoms with Crippen LogP contribution in [-0.4, -0.2) is 18.3 Å². The minimum atomic E-state index is -0.382. The molecule has 1 fully saturated rings. The molecule has 3 nitrogen and oxygen atoms in total. The molecule has 2 aliphatic rings. The first-order valence-electron chi connectivity index (χ1n) is 15.7. The fourth-order valence-electron chi connectivity index (χ4n) is 6.60. The molecule has 0 radical (unpaired) electrons. The Morgan fingerprint density at radius 1 is 0.545 bits per heavy atom. The molecule has 1 aliphatic carbocycles.